The van der Waals surface area contributed by atoms with Gasteiger partial charge in [0.05, 0.1) is 5.69 Å². The fourth-order valence-electron chi connectivity index (χ4n) is 1.85. The van der Waals surface area contributed by atoms with Gasteiger partial charge in [0.1, 0.15) is 10.0 Å². The maximum Gasteiger partial charge on any atom is 0.235 e. The largest absolute Gasteiger partial charge is 0.273 e. The molecule has 0 amide bonds. The van der Waals surface area contributed by atoms with E-state index in [0.29, 0.717) is 11.0 Å². The topological polar surface area (TPSA) is 43.6 Å². The summed E-state index contributed by atoms with van der Waals surface area (Å²) in [4.78, 5) is 13.2. The molecule has 0 atom stereocenters. The van der Waals surface area contributed by atoms with Crippen LogP contribution in [0, 0.1) is 10.6 Å². The predicted molar refractivity (Wildman–Crippen MR) is 87.1 cm³/mol. The van der Waals surface area contributed by atoms with Crippen LogP contribution in [0.1, 0.15) is 5.69 Å². The lowest BCUT2D eigenvalue weighted by Gasteiger charge is -2.06. The first-order valence-electron chi connectivity index (χ1n) is 5.93. The van der Waals surface area contributed by atoms with Crippen LogP contribution < -0.4 is 0 Å². The molecule has 0 saturated heterocycles. The molecule has 6 heteroatoms. The molecule has 2 heterocycles. The molecular weight excluding hydrogens is 387 g/mol. The first-order valence-corrected chi connectivity index (χ1v) is 7.39. The van der Waals surface area contributed by atoms with Crippen molar-refractivity contribution in [3.8, 4) is 17.2 Å². The molecule has 0 N–H and O–H groups in total. The van der Waals surface area contributed by atoms with Crippen molar-refractivity contribution in [3.63, 3.8) is 0 Å². The van der Waals surface area contributed by atoms with Crippen LogP contribution in [0.2, 0.25) is 5.02 Å². The van der Waals surface area contributed by atoms with Gasteiger partial charge in [0.25, 0.3) is 0 Å². The SMILES string of the molecule is Cc1cc(-c2ccc(Cl)cc2)nc(-n2cnc(I)c2)n1. The molecule has 0 aliphatic carbocycles. The van der Waals surface area contributed by atoms with Crippen LogP contribution in [0.4, 0.5) is 0 Å². The Kier molecular flexibility index (Phi) is 3.71. The van der Waals surface area contributed by atoms with Gasteiger partial charge >= 0.3 is 0 Å². The van der Waals surface area contributed by atoms with E-state index in [2.05, 4.69) is 37.5 Å². The second-order valence-electron chi connectivity index (χ2n) is 4.31. The van der Waals surface area contributed by atoms with Crippen molar-refractivity contribution in [2.75, 3.05) is 0 Å². The summed E-state index contributed by atoms with van der Waals surface area (Å²) in [6, 6.07) is 9.56. The zero-order valence-corrected chi connectivity index (χ0v) is 13.5. The standard InChI is InChI=1S/C14H10ClIN4/c1-9-6-12(10-2-4-11(15)5-3-10)19-14(18-9)20-7-13(16)17-8-20/h2-8H,1H3. The summed E-state index contributed by atoms with van der Waals surface area (Å²) in [6.45, 7) is 1.95. The lowest BCUT2D eigenvalue weighted by Crippen LogP contribution is -2.01. The van der Waals surface area contributed by atoms with Crippen molar-refractivity contribution in [2.24, 2.45) is 0 Å². The minimum atomic E-state index is 0.616. The van der Waals surface area contributed by atoms with Crippen LogP contribution in [0.5, 0.6) is 0 Å². The molecule has 2 aromatic heterocycles. The summed E-state index contributed by atoms with van der Waals surface area (Å²) in [7, 11) is 0. The highest BCUT2D eigenvalue weighted by Crippen LogP contribution is 2.21. The Hall–Kier alpha value is -1.47. The summed E-state index contributed by atoms with van der Waals surface area (Å²) >= 11 is 8.07. The Balaban J connectivity index is 2.09. The zero-order chi connectivity index (χ0) is 14.1. The molecule has 0 radical (unpaired) electrons. The van der Waals surface area contributed by atoms with E-state index in [1.807, 2.05) is 48.0 Å². The number of hydrogen-bond acceptors (Lipinski definition) is 3. The van der Waals surface area contributed by atoms with Crippen LogP contribution in [0.3, 0.4) is 0 Å². The molecule has 0 saturated carbocycles. The molecule has 3 rings (SSSR count). The predicted octanol–water partition coefficient (Wildman–Crippen LogP) is 3.90. The number of aromatic nitrogens is 4. The number of nitrogens with zero attached hydrogens (tertiary/aromatic N) is 4. The minimum Gasteiger partial charge on any atom is -0.273 e. The van der Waals surface area contributed by atoms with Crippen molar-refractivity contribution in [3.05, 3.63) is 57.3 Å². The molecule has 1 aromatic carbocycles. The normalized spacial score (nSPS) is 10.8. The molecule has 0 spiro atoms. The van der Waals surface area contributed by atoms with Crippen molar-refractivity contribution in [2.45, 2.75) is 6.92 Å². The number of hydrogen-bond donors (Lipinski definition) is 0. The summed E-state index contributed by atoms with van der Waals surface area (Å²) in [5.74, 6) is 0.616. The molecule has 0 unspecified atom stereocenters. The van der Waals surface area contributed by atoms with Gasteiger partial charge in [0.15, 0.2) is 0 Å². The van der Waals surface area contributed by atoms with E-state index in [1.54, 1.807) is 6.33 Å². The Morgan fingerprint density at radius 1 is 1.15 bits per heavy atom. The second kappa shape index (κ2) is 5.49. The Labute approximate surface area is 135 Å². The molecule has 3 aromatic rings. The van der Waals surface area contributed by atoms with Gasteiger partial charge in [-0.3, -0.25) is 4.57 Å². The zero-order valence-electron chi connectivity index (χ0n) is 10.6. The van der Waals surface area contributed by atoms with Gasteiger partial charge in [-0.05, 0) is 47.7 Å². The Morgan fingerprint density at radius 2 is 1.90 bits per heavy atom. The molecule has 0 fully saturated rings. The van der Waals surface area contributed by atoms with E-state index in [4.69, 9.17) is 11.6 Å². The fourth-order valence-corrected chi connectivity index (χ4v) is 2.40. The Morgan fingerprint density at radius 3 is 2.55 bits per heavy atom. The third kappa shape index (κ3) is 2.83. The van der Waals surface area contributed by atoms with E-state index in [-0.39, 0.29) is 0 Å². The van der Waals surface area contributed by atoms with Gasteiger partial charge in [0.2, 0.25) is 5.95 Å². The molecule has 0 aliphatic heterocycles. The average molecular weight is 397 g/mol. The quantitative estimate of drug-likeness (QED) is 0.617. The van der Waals surface area contributed by atoms with Gasteiger partial charge in [-0.2, -0.15) is 0 Å². The molecular formula is C14H10ClIN4. The smallest absolute Gasteiger partial charge is 0.235 e. The summed E-state index contributed by atoms with van der Waals surface area (Å²) in [5.41, 5.74) is 2.78. The van der Waals surface area contributed by atoms with E-state index in [1.165, 1.54) is 0 Å². The van der Waals surface area contributed by atoms with Crippen LogP contribution in [0.15, 0.2) is 42.9 Å². The van der Waals surface area contributed by atoms with Gasteiger partial charge in [0, 0.05) is 22.5 Å². The number of halogens is 2. The number of imidazole rings is 1. The summed E-state index contributed by atoms with van der Waals surface area (Å²) in [6.07, 6.45) is 3.60. The third-order valence-corrected chi connectivity index (χ3v) is 3.57. The monoisotopic (exact) mass is 396 g/mol. The van der Waals surface area contributed by atoms with E-state index >= 15 is 0 Å². The molecule has 20 heavy (non-hydrogen) atoms. The van der Waals surface area contributed by atoms with Crippen molar-refractivity contribution in [1.82, 2.24) is 19.5 Å². The lowest BCUT2D eigenvalue weighted by molar-refractivity contribution is 0.912. The van der Waals surface area contributed by atoms with Gasteiger partial charge < -0.3 is 0 Å². The van der Waals surface area contributed by atoms with Gasteiger partial charge in [-0.25, -0.2) is 15.0 Å². The van der Waals surface area contributed by atoms with Crippen LogP contribution in [-0.4, -0.2) is 19.5 Å². The first-order chi connectivity index (χ1) is 9.61. The molecule has 0 aliphatic rings. The highest BCUT2D eigenvalue weighted by Gasteiger charge is 2.07. The lowest BCUT2D eigenvalue weighted by atomic mass is 10.1. The maximum atomic E-state index is 5.91. The van der Waals surface area contributed by atoms with Crippen molar-refractivity contribution >= 4 is 34.2 Å². The summed E-state index contributed by atoms with van der Waals surface area (Å²) in [5, 5.41) is 0.712. The second-order valence-corrected chi connectivity index (χ2v) is 5.85. The summed E-state index contributed by atoms with van der Waals surface area (Å²) < 4.78 is 2.72. The van der Waals surface area contributed by atoms with E-state index in [0.717, 1.165) is 20.7 Å². The number of benzene rings is 1. The first kappa shape index (κ1) is 13.5. The highest BCUT2D eigenvalue weighted by molar-refractivity contribution is 14.1. The van der Waals surface area contributed by atoms with Gasteiger partial charge in [-0.1, -0.05) is 23.7 Å². The number of rotatable bonds is 2. The van der Waals surface area contributed by atoms with E-state index in [9.17, 15) is 0 Å². The van der Waals surface area contributed by atoms with Crippen LogP contribution >= 0.6 is 34.2 Å². The van der Waals surface area contributed by atoms with Crippen LogP contribution in [0.25, 0.3) is 17.2 Å². The molecule has 0 bridgehead atoms. The Bertz CT molecular complexity index is 752. The van der Waals surface area contributed by atoms with E-state index < -0.39 is 0 Å². The average Bonchev–Trinajstić information content (AvgIpc) is 2.85. The van der Waals surface area contributed by atoms with Crippen LogP contribution in [-0.2, 0) is 0 Å². The number of aryl methyl sites for hydroxylation is 1. The maximum absolute atomic E-state index is 5.91. The third-order valence-electron chi connectivity index (χ3n) is 2.76. The van der Waals surface area contributed by atoms with Crippen molar-refractivity contribution < 1.29 is 0 Å². The molecule has 4 nitrogen and oxygen atoms in total. The minimum absolute atomic E-state index is 0.616. The highest BCUT2D eigenvalue weighted by atomic mass is 127. The fraction of sp³-hybridized carbons (Fsp3) is 0.0714. The van der Waals surface area contributed by atoms with Gasteiger partial charge in [-0.15, -0.1) is 0 Å². The van der Waals surface area contributed by atoms with Crippen molar-refractivity contribution in [1.29, 1.82) is 0 Å². The molecule has 100 valence electrons.